The van der Waals surface area contributed by atoms with Crippen molar-refractivity contribution in [1.29, 1.82) is 0 Å². The number of carbonyl (C=O) groups excluding carboxylic acids is 1. The number of carbonyl (C=O) groups is 2. The molecule has 1 saturated heterocycles. The largest absolute Gasteiger partial charge is 0.480 e. The van der Waals surface area contributed by atoms with Crippen LogP contribution in [0.25, 0.3) is 0 Å². The van der Waals surface area contributed by atoms with Crippen LogP contribution < -0.4 is 4.90 Å². The molecule has 0 saturated carbocycles. The van der Waals surface area contributed by atoms with Crippen molar-refractivity contribution in [2.24, 2.45) is 0 Å². The molecule has 0 bridgehead atoms. The molecule has 1 amide bonds. The van der Waals surface area contributed by atoms with E-state index in [1.165, 1.54) is 9.80 Å². The number of hydrogen-bond acceptors (Lipinski definition) is 5. The summed E-state index contributed by atoms with van der Waals surface area (Å²) in [5.74, 6) is -1.26. The first-order chi connectivity index (χ1) is 12.3. The van der Waals surface area contributed by atoms with Crippen LogP contribution in [0.2, 0.25) is 5.15 Å². The van der Waals surface area contributed by atoms with E-state index in [0.29, 0.717) is 0 Å². The third kappa shape index (κ3) is 5.15. The number of amides is 1. The molecule has 1 aliphatic rings. The molecule has 2 rings (SSSR count). The van der Waals surface area contributed by atoms with Gasteiger partial charge in [-0.1, -0.05) is 11.6 Å². The number of halogens is 4. The minimum Gasteiger partial charge on any atom is -0.480 e. The lowest BCUT2D eigenvalue weighted by Crippen LogP contribution is -2.58. The van der Waals surface area contributed by atoms with E-state index in [-0.39, 0.29) is 25.5 Å². The summed E-state index contributed by atoms with van der Waals surface area (Å²) >= 11 is 5.62. The quantitative estimate of drug-likeness (QED) is 0.755. The average molecular weight is 410 g/mol. The van der Waals surface area contributed by atoms with Gasteiger partial charge in [0.05, 0.1) is 12.1 Å². The molecule has 0 radical (unpaired) electrons. The van der Waals surface area contributed by atoms with Crippen molar-refractivity contribution in [3.8, 4) is 0 Å². The number of rotatable bonds is 2. The van der Waals surface area contributed by atoms with Gasteiger partial charge in [-0.05, 0) is 32.9 Å². The Bertz CT molecular complexity index is 737. The smallest absolute Gasteiger partial charge is 0.419 e. The van der Waals surface area contributed by atoms with E-state index < -0.39 is 40.6 Å². The molecule has 1 fully saturated rings. The molecule has 0 aromatic carbocycles. The van der Waals surface area contributed by atoms with Crippen molar-refractivity contribution in [2.45, 2.75) is 38.6 Å². The molecular weight excluding hydrogens is 391 g/mol. The molecule has 1 aromatic rings. The molecule has 1 N–H and O–H groups in total. The molecule has 1 aliphatic heterocycles. The van der Waals surface area contributed by atoms with Crippen LogP contribution >= 0.6 is 11.6 Å². The zero-order chi connectivity index (χ0) is 20.6. The number of aromatic nitrogens is 1. The van der Waals surface area contributed by atoms with Crippen LogP contribution in [-0.2, 0) is 15.7 Å². The summed E-state index contributed by atoms with van der Waals surface area (Å²) in [4.78, 5) is 30.0. The molecule has 150 valence electrons. The number of pyridine rings is 1. The van der Waals surface area contributed by atoms with Crippen LogP contribution in [0.5, 0.6) is 0 Å². The Morgan fingerprint density at radius 1 is 1.26 bits per heavy atom. The molecule has 27 heavy (non-hydrogen) atoms. The number of ether oxygens (including phenoxy) is 1. The van der Waals surface area contributed by atoms with Gasteiger partial charge < -0.3 is 19.6 Å². The zero-order valence-corrected chi connectivity index (χ0v) is 15.6. The first-order valence-corrected chi connectivity index (χ1v) is 8.38. The van der Waals surface area contributed by atoms with Gasteiger partial charge in [0.15, 0.2) is 0 Å². The number of nitrogens with zero attached hydrogens (tertiary/aromatic N) is 3. The van der Waals surface area contributed by atoms with Crippen LogP contribution in [0, 0.1) is 0 Å². The lowest BCUT2D eigenvalue weighted by atomic mass is 10.1. The van der Waals surface area contributed by atoms with Crippen LogP contribution in [0.15, 0.2) is 12.1 Å². The van der Waals surface area contributed by atoms with Gasteiger partial charge in [0.2, 0.25) is 0 Å². The number of carboxylic acid groups (broad SMARTS) is 1. The Balaban J connectivity index is 2.23. The summed E-state index contributed by atoms with van der Waals surface area (Å²) in [6.45, 7) is 5.02. The third-order valence-corrected chi connectivity index (χ3v) is 4.04. The predicted octanol–water partition coefficient (Wildman–Crippen LogP) is 3.26. The lowest BCUT2D eigenvalue weighted by Gasteiger charge is -2.40. The van der Waals surface area contributed by atoms with Crippen molar-refractivity contribution in [1.82, 2.24) is 9.88 Å². The number of anilines is 1. The highest BCUT2D eigenvalue weighted by Gasteiger charge is 2.38. The predicted molar refractivity (Wildman–Crippen MR) is 90.8 cm³/mol. The van der Waals surface area contributed by atoms with E-state index in [1.807, 2.05) is 0 Å². The van der Waals surface area contributed by atoms with Gasteiger partial charge >= 0.3 is 18.2 Å². The summed E-state index contributed by atoms with van der Waals surface area (Å²) in [5, 5.41) is 8.73. The maximum absolute atomic E-state index is 12.8. The fourth-order valence-electron chi connectivity index (χ4n) is 2.56. The Morgan fingerprint density at radius 3 is 2.37 bits per heavy atom. The van der Waals surface area contributed by atoms with E-state index in [0.717, 1.165) is 12.1 Å². The van der Waals surface area contributed by atoms with Gasteiger partial charge in [0.1, 0.15) is 22.6 Å². The average Bonchev–Trinajstić information content (AvgIpc) is 2.51. The van der Waals surface area contributed by atoms with E-state index in [4.69, 9.17) is 16.3 Å². The Morgan fingerprint density at radius 2 is 1.89 bits per heavy atom. The normalized spacial score (nSPS) is 18.4. The molecule has 7 nitrogen and oxygen atoms in total. The molecule has 1 atom stereocenters. The summed E-state index contributed by atoms with van der Waals surface area (Å²) in [6.07, 6.45) is -5.32. The van der Waals surface area contributed by atoms with Crippen molar-refractivity contribution >= 4 is 29.5 Å². The molecule has 11 heteroatoms. The fraction of sp³-hybridized carbons (Fsp3) is 0.562. The maximum Gasteiger partial charge on any atom is 0.419 e. The number of aliphatic carboxylic acids is 1. The molecule has 2 heterocycles. The van der Waals surface area contributed by atoms with Crippen LogP contribution in [-0.4, -0.2) is 58.3 Å². The van der Waals surface area contributed by atoms with E-state index in [2.05, 4.69) is 4.98 Å². The Labute approximate surface area is 158 Å². The standard InChI is InChI=1S/C16H19ClF3N3O4/c1-15(2,3)27-14(26)22-6-7-23(10(8-22)13(24)25)11-5-4-9(12(17)21-11)16(18,19)20/h4-5,10H,6-8H2,1-3H3,(H,24,25). The number of hydrogen-bond donors (Lipinski definition) is 1. The third-order valence-electron chi connectivity index (χ3n) is 3.75. The first kappa shape index (κ1) is 21.1. The van der Waals surface area contributed by atoms with Gasteiger partial charge in [-0.2, -0.15) is 13.2 Å². The van der Waals surface area contributed by atoms with Gasteiger partial charge in [0, 0.05) is 13.1 Å². The van der Waals surface area contributed by atoms with E-state index in [9.17, 15) is 27.9 Å². The summed E-state index contributed by atoms with van der Waals surface area (Å²) in [5.41, 5.74) is -1.85. The first-order valence-electron chi connectivity index (χ1n) is 8.00. The van der Waals surface area contributed by atoms with Gasteiger partial charge in [-0.3, -0.25) is 0 Å². The molecular formula is C16H19ClF3N3O4. The van der Waals surface area contributed by atoms with Gasteiger partial charge in [-0.25, -0.2) is 14.6 Å². The van der Waals surface area contributed by atoms with E-state index in [1.54, 1.807) is 20.8 Å². The topological polar surface area (TPSA) is 83.0 Å². The summed E-state index contributed by atoms with van der Waals surface area (Å²) in [7, 11) is 0. The van der Waals surface area contributed by atoms with Gasteiger partial charge in [0.25, 0.3) is 0 Å². The minimum atomic E-state index is -4.66. The molecule has 0 spiro atoms. The van der Waals surface area contributed by atoms with Crippen molar-refractivity contribution in [3.63, 3.8) is 0 Å². The van der Waals surface area contributed by atoms with Gasteiger partial charge in [-0.15, -0.1) is 0 Å². The second-order valence-corrected chi connectivity index (χ2v) is 7.34. The summed E-state index contributed by atoms with van der Waals surface area (Å²) < 4.78 is 43.7. The highest BCUT2D eigenvalue weighted by atomic mass is 35.5. The maximum atomic E-state index is 12.8. The number of piperazine rings is 1. The number of alkyl halides is 3. The highest BCUT2D eigenvalue weighted by Crippen LogP contribution is 2.35. The molecule has 1 aromatic heterocycles. The monoisotopic (exact) mass is 409 g/mol. The SMILES string of the molecule is CC(C)(C)OC(=O)N1CCN(c2ccc(C(F)(F)F)c(Cl)n2)C(C(=O)O)C1. The molecule has 1 unspecified atom stereocenters. The van der Waals surface area contributed by atoms with Crippen molar-refractivity contribution in [2.75, 3.05) is 24.5 Å². The van der Waals surface area contributed by atoms with Crippen LogP contribution in [0.3, 0.4) is 0 Å². The summed E-state index contributed by atoms with van der Waals surface area (Å²) in [6, 6.07) is 0.615. The number of carboxylic acids is 1. The van der Waals surface area contributed by atoms with Crippen LogP contribution in [0.4, 0.5) is 23.8 Å². The second-order valence-electron chi connectivity index (χ2n) is 6.98. The van der Waals surface area contributed by atoms with Crippen molar-refractivity contribution in [3.05, 3.63) is 22.8 Å². The fourth-order valence-corrected chi connectivity index (χ4v) is 2.81. The van der Waals surface area contributed by atoms with Crippen LogP contribution in [0.1, 0.15) is 26.3 Å². The second kappa shape index (κ2) is 7.41. The lowest BCUT2D eigenvalue weighted by molar-refractivity contribution is -0.140. The molecule has 0 aliphatic carbocycles. The minimum absolute atomic E-state index is 0.00996. The van der Waals surface area contributed by atoms with Crippen molar-refractivity contribution < 1.29 is 32.6 Å². The Hall–Kier alpha value is -2.23. The Kier molecular flexibility index (Phi) is 5.79. The van der Waals surface area contributed by atoms with E-state index >= 15 is 0 Å². The highest BCUT2D eigenvalue weighted by molar-refractivity contribution is 6.30. The zero-order valence-electron chi connectivity index (χ0n) is 14.9.